The molecule has 71 heavy (non-hydrogen) atoms. The largest absolute Gasteiger partial charge is 0.394 e. The van der Waals surface area contributed by atoms with Crippen LogP contribution in [0.5, 0.6) is 0 Å². The van der Waals surface area contributed by atoms with Crippen LogP contribution in [-0.2, 0) is 33.2 Å². The summed E-state index contributed by atoms with van der Waals surface area (Å²) >= 11 is 0. The number of nitrogens with one attached hydrogen (secondary N) is 1. The van der Waals surface area contributed by atoms with Crippen LogP contribution in [0.15, 0.2) is 48.6 Å². The molecule has 17 unspecified atom stereocenters. The predicted molar refractivity (Wildman–Crippen MR) is 263 cm³/mol. The molecule has 19 nitrogen and oxygen atoms in total. The van der Waals surface area contributed by atoms with Crippen molar-refractivity contribution in [3.05, 3.63) is 48.6 Å². The van der Waals surface area contributed by atoms with E-state index in [2.05, 4.69) is 55.6 Å². The lowest BCUT2D eigenvalue weighted by Gasteiger charge is -2.48. The molecule has 0 aromatic rings. The van der Waals surface area contributed by atoms with Gasteiger partial charge < -0.3 is 89.9 Å². The summed E-state index contributed by atoms with van der Waals surface area (Å²) in [4.78, 5) is 13.2. The highest BCUT2D eigenvalue weighted by atomic mass is 16.8. The number of hydrogen-bond donors (Lipinski definition) is 12. The minimum atomic E-state index is -1.98. The van der Waals surface area contributed by atoms with Gasteiger partial charge in [-0.15, -0.1) is 0 Å². The fourth-order valence-electron chi connectivity index (χ4n) is 8.64. The first-order valence-electron chi connectivity index (χ1n) is 26.4. The SMILES string of the molecule is CCCCC/C=C\C/C=C\CCCCCCCC(=O)NC(COC1OC(CO)C(OC2OC(CO)C(OC3OC(CO)C(O)C(O)C3O)C(O)C2O)C(O)C1O)C(O)/C=C/CC/C=C/CCCCCCC. The van der Waals surface area contributed by atoms with Gasteiger partial charge in [-0.05, 0) is 64.2 Å². The second kappa shape index (κ2) is 36.7. The Hall–Kier alpha value is -2.25. The van der Waals surface area contributed by atoms with Crippen molar-refractivity contribution < 1.29 is 89.4 Å². The maximum Gasteiger partial charge on any atom is 0.220 e. The van der Waals surface area contributed by atoms with Crippen LogP contribution in [-0.4, -0.2) is 193 Å². The fraction of sp³-hybridized carbons (Fsp3) is 0.827. The van der Waals surface area contributed by atoms with Gasteiger partial charge in [-0.25, -0.2) is 0 Å². The molecule has 0 aromatic heterocycles. The molecule has 12 N–H and O–H groups in total. The molecule has 17 atom stereocenters. The monoisotopic (exact) mass is 1020 g/mol. The van der Waals surface area contributed by atoms with Crippen LogP contribution < -0.4 is 5.32 Å². The first kappa shape index (κ1) is 63.0. The van der Waals surface area contributed by atoms with Crippen LogP contribution in [0.25, 0.3) is 0 Å². The highest BCUT2D eigenvalue weighted by molar-refractivity contribution is 5.76. The van der Waals surface area contributed by atoms with Gasteiger partial charge in [0.1, 0.15) is 73.2 Å². The molecule has 0 aliphatic carbocycles. The zero-order chi connectivity index (χ0) is 52.0. The molecule has 1 amide bonds. The van der Waals surface area contributed by atoms with Crippen molar-refractivity contribution in [3.63, 3.8) is 0 Å². The molecule has 3 aliphatic heterocycles. The van der Waals surface area contributed by atoms with Crippen LogP contribution in [0.3, 0.4) is 0 Å². The molecule has 19 heteroatoms. The number of hydrogen-bond acceptors (Lipinski definition) is 18. The van der Waals surface area contributed by atoms with Crippen molar-refractivity contribution in [1.29, 1.82) is 0 Å². The number of aliphatic hydroxyl groups excluding tert-OH is 11. The fourth-order valence-corrected chi connectivity index (χ4v) is 8.64. The van der Waals surface area contributed by atoms with Gasteiger partial charge in [0.2, 0.25) is 5.91 Å². The number of unbranched alkanes of at least 4 members (excludes halogenated alkanes) is 14. The van der Waals surface area contributed by atoms with E-state index in [0.29, 0.717) is 12.8 Å². The molecule has 3 saturated heterocycles. The van der Waals surface area contributed by atoms with E-state index in [1.165, 1.54) is 44.9 Å². The Morgan fingerprint density at radius 3 is 1.52 bits per heavy atom. The number of carbonyl (C=O) groups excluding carboxylic acids is 1. The van der Waals surface area contributed by atoms with E-state index < -0.39 is 124 Å². The van der Waals surface area contributed by atoms with E-state index in [1.54, 1.807) is 6.08 Å². The maximum absolute atomic E-state index is 13.2. The smallest absolute Gasteiger partial charge is 0.220 e. The molecule has 3 rings (SSSR count). The Kier molecular flexibility index (Phi) is 32.5. The van der Waals surface area contributed by atoms with Gasteiger partial charge in [-0.3, -0.25) is 4.79 Å². The van der Waals surface area contributed by atoms with Crippen LogP contribution in [0.1, 0.15) is 142 Å². The van der Waals surface area contributed by atoms with Crippen molar-refractivity contribution in [1.82, 2.24) is 5.32 Å². The number of ether oxygens (including phenoxy) is 6. The van der Waals surface area contributed by atoms with E-state index in [9.17, 15) is 61.0 Å². The van der Waals surface area contributed by atoms with Gasteiger partial charge in [-0.1, -0.05) is 120 Å². The molecule has 0 aromatic carbocycles. The summed E-state index contributed by atoms with van der Waals surface area (Å²) in [5.74, 6) is -0.305. The number of aliphatic hydroxyl groups is 11. The van der Waals surface area contributed by atoms with Crippen molar-refractivity contribution in [2.45, 2.75) is 247 Å². The highest BCUT2D eigenvalue weighted by Crippen LogP contribution is 2.33. The zero-order valence-corrected chi connectivity index (χ0v) is 42.2. The minimum absolute atomic E-state index is 0.217. The summed E-state index contributed by atoms with van der Waals surface area (Å²) in [6.07, 6.45) is 9.75. The van der Waals surface area contributed by atoms with Gasteiger partial charge in [-0.2, -0.15) is 0 Å². The highest BCUT2D eigenvalue weighted by Gasteiger charge is 2.53. The Balaban J connectivity index is 1.57. The predicted octanol–water partition coefficient (Wildman–Crippen LogP) is 2.36. The van der Waals surface area contributed by atoms with Crippen LogP contribution in [0, 0.1) is 0 Å². The molecule has 0 bridgehead atoms. The zero-order valence-electron chi connectivity index (χ0n) is 42.2. The average Bonchev–Trinajstić information content (AvgIpc) is 3.36. The topological polar surface area (TPSA) is 307 Å². The molecule has 412 valence electrons. The maximum atomic E-state index is 13.2. The van der Waals surface area contributed by atoms with Crippen molar-refractivity contribution in [2.75, 3.05) is 26.4 Å². The summed E-state index contributed by atoms with van der Waals surface area (Å²) in [6.45, 7) is 1.59. The van der Waals surface area contributed by atoms with E-state index >= 15 is 0 Å². The number of rotatable bonds is 36. The summed E-state index contributed by atoms with van der Waals surface area (Å²) in [7, 11) is 0. The summed E-state index contributed by atoms with van der Waals surface area (Å²) in [6, 6.07) is -0.995. The molecule has 3 aliphatic rings. The Labute approximate surface area is 421 Å². The quantitative estimate of drug-likeness (QED) is 0.0317. The Morgan fingerprint density at radius 2 is 0.944 bits per heavy atom. The summed E-state index contributed by atoms with van der Waals surface area (Å²) in [5.41, 5.74) is 0. The first-order valence-corrected chi connectivity index (χ1v) is 26.4. The third-order valence-corrected chi connectivity index (χ3v) is 13.1. The van der Waals surface area contributed by atoms with Crippen molar-refractivity contribution in [2.24, 2.45) is 0 Å². The lowest BCUT2D eigenvalue weighted by Crippen LogP contribution is -2.66. The number of allylic oxidation sites excluding steroid dienone is 7. The molecule has 0 spiro atoms. The summed E-state index contributed by atoms with van der Waals surface area (Å²) in [5, 5.41) is 120. The molecular formula is C52H91NO18. The number of carbonyl (C=O) groups is 1. The molecule has 3 heterocycles. The van der Waals surface area contributed by atoms with E-state index in [1.807, 2.05) is 6.08 Å². The van der Waals surface area contributed by atoms with E-state index in [0.717, 1.165) is 64.2 Å². The van der Waals surface area contributed by atoms with E-state index in [4.69, 9.17) is 28.4 Å². The molecule has 0 radical (unpaired) electrons. The normalized spacial score (nSPS) is 32.7. The Bertz CT molecular complexity index is 1500. The molecule has 0 saturated carbocycles. The minimum Gasteiger partial charge on any atom is -0.394 e. The van der Waals surface area contributed by atoms with Gasteiger partial charge >= 0.3 is 0 Å². The molecular weight excluding hydrogens is 927 g/mol. The third-order valence-electron chi connectivity index (χ3n) is 13.1. The van der Waals surface area contributed by atoms with Crippen molar-refractivity contribution in [3.8, 4) is 0 Å². The first-order chi connectivity index (χ1) is 34.3. The van der Waals surface area contributed by atoms with Gasteiger partial charge in [0.25, 0.3) is 0 Å². The van der Waals surface area contributed by atoms with Crippen LogP contribution in [0.2, 0.25) is 0 Å². The van der Waals surface area contributed by atoms with E-state index in [-0.39, 0.29) is 18.9 Å². The second-order valence-electron chi connectivity index (χ2n) is 19.0. The second-order valence-corrected chi connectivity index (χ2v) is 19.0. The number of amides is 1. The average molecular weight is 1020 g/mol. The summed E-state index contributed by atoms with van der Waals surface area (Å²) < 4.78 is 34.1. The third kappa shape index (κ3) is 22.2. The van der Waals surface area contributed by atoms with Gasteiger partial charge in [0.05, 0.1) is 38.6 Å². The lowest BCUT2D eigenvalue weighted by atomic mass is 9.96. The Morgan fingerprint density at radius 1 is 0.507 bits per heavy atom. The van der Waals surface area contributed by atoms with Crippen LogP contribution in [0.4, 0.5) is 0 Å². The molecule has 3 fully saturated rings. The lowest BCUT2D eigenvalue weighted by molar-refractivity contribution is -0.379. The van der Waals surface area contributed by atoms with Gasteiger partial charge in [0.15, 0.2) is 18.9 Å². The van der Waals surface area contributed by atoms with Gasteiger partial charge in [0, 0.05) is 6.42 Å². The van der Waals surface area contributed by atoms with Crippen molar-refractivity contribution >= 4 is 5.91 Å². The standard InChI is InChI=1S/C52H91NO18/c1-3-5-7-9-11-13-15-16-17-18-20-22-24-26-28-30-40(58)53-35(36(57)29-27-25-23-21-19-14-12-10-8-6-4-2)34-66-50-46(64)43(61)48(38(32-55)68-50)71-52-47(65)44(62)49(39(33-56)69-52)70-51-45(63)42(60)41(59)37(31-54)67-51/h11,13,16-17,19,21,27,29,35-39,41-52,54-57,59-65H,3-10,12,14-15,18,20,22-26,28,30-34H2,1-2H3,(H,53,58)/b13-11-,17-16-,21-19+,29-27+. The van der Waals surface area contributed by atoms with Crippen LogP contribution >= 0.6 is 0 Å².